The van der Waals surface area contributed by atoms with E-state index >= 15 is 0 Å². The summed E-state index contributed by atoms with van der Waals surface area (Å²) in [4.78, 5) is 5.49. The molecule has 0 atom stereocenters. The van der Waals surface area contributed by atoms with Gasteiger partial charge < -0.3 is 9.71 Å². The van der Waals surface area contributed by atoms with E-state index in [2.05, 4.69) is 186 Å². The van der Waals surface area contributed by atoms with E-state index in [4.69, 9.17) is 0 Å². The van der Waals surface area contributed by atoms with E-state index in [9.17, 15) is 0 Å². The van der Waals surface area contributed by atoms with E-state index in [0.717, 1.165) is 0 Å². The molecule has 0 N–H and O–H groups in total. The van der Waals surface area contributed by atoms with Gasteiger partial charge in [-0.1, -0.05) is 119 Å². The van der Waals surface area contributed by atoms with Crippen LogP contribution in [0.25, 0.3) is 11.1 Å². The Morgan fingerprint density at radius 1 is 0.424 bits per heavy atom. The third-order valence-electron chi connectivity index (χ3n) is 16.6. The molecule has 10 rings (SSSR count). The normalized spacial score (nSPS) is 21.7. The Morgan fingerprint density at radius 2 is 0.864 bits per heavy atom. The van der Waals surface area contributed by atoms with Gasteiger partial charge in [-0.3, -0.25) is 0 Å². The van der Waals surface area contributed by atoms with Crippen molar-refractivity contribution in [3.8, 4) is 11.1 Å². The van der Waals surface area contributed by atoms with Crippen molar-refractivity contribution in [2.75, 3.05) is 9.71 Å². The average Bonchev–Trinajstić information content (AvgIpc) is 3.17. The van der Waals surface area contributed by atoms with Crippen molar-refractivity contribution in [2.24, 2.45) is 0 Å². The maximum atomic E-state index is 2.75. The van der Waals surface area contributed by atoms with Crippen molar-refractivity contribution in [1.82, 2.24) is 0 Å². The molecule has 0 saturated heterocycles. The molecule has 0 spiro atoms. The number of anilines is 5. The number of para-hydroxylation sites is 1. The van der Waals surface area contributed by atoms with Crippen LogP contribution >= 0.6 is 0 Å². The maximum Gasteiger partial charge on any atom is 0.333 e. The summed E-state index contributed by atoms with van der Waals surface area (Å²) in [6.45, 7) is 34.5. The Kier molecular flexibility index (Phi) is 8.05. The van der Waals surface area contributed by atoms with Crippen molar-refractivity contribution in [2.45, 2.75) is 168 Å². The minimum atomic E-state index is 0.0129. The van der Waals surface area contributed by atoms with E-state index in [0.29, 0.717) is 0 Å². The first-order valence-corrected chi connectivity index (χ1v) is 22.9. The Hall–Kier alpha value is -4.24. The summed E-state index contributed by atoms with van der Waals surface area (Å²) < 4.78 is 0. The molecule has 5 aromatic carbocycles. The van der Waals surface area contributed by atoms with Crippen LogP contribution in [-0.2, 0) is 32.5 Å². The molecule has 2 nitrogen and oxygen atoms in total. The highest BCUT2D eigenvalue weighted by Gasteiger charge is 2.50. The topological polar surface area (TPSA) is 6.48 Å². The molecular formula is C56H67BN2. The van der Waals surface area contributed by atoms with Crippen LogP contribution in [0.4, 0.5) is 28.4 Å². The Balaban J connectivity index is 1.36. The lowest BCUT2D eigenvalue weighted by atomic mass is 9.42. The Morgan fingerprint density at radius 3 is 1.39 bits per heavy atom. The lowest BCUT2D eigenvalue weighted by Crippen LogP contribution is -2.62. The van der Waals surface area contributed by atoms with Crippen LogP contribution in [0, 0.1) is 13.8 Å². The molecule has 59 heavy (non-hydrogen) atoms. The molecule has 0 unspecified atom stereocenters. The highest BCUT2D eigenvalue weighted by molar-refractivity contribution is 6.93. The molecule has 2 aliphatic heterocycles. The molecule has 2 heterocycles. The molecule has 0 radical (unpaired) electrons. The molecule has 5 aromatic rings. The molecule has 0 bridgehead atoms. The minimum Gasteiger partial charge on any atom is -0.376 e. The van der Waals surface area contributed by atoms with Crippen molar-refractivity contribution < 1.29 is 0 Å². The van der Waals surface area contributed by atoms with Gasteiger partial charge in [0, 0.05) is 34.0 Å². The van der Waals surface area contributed by atoms with Crippen molar-refractivity contribution in [3.63, 3.8) is 0 Å². The second-order valence-corrected chi connectivity index (χ2v) is 23.5. The third kappa shape index (κ3) is 5.57. The zero-order chi connectivity index (χ0) is 42.0. The second-order valence-electron chi connectivity index (χ2n) is 23.5. The van der Waals surface area contributed by atoms with Crippen LogP contribution < -0.4 is 20.6 Å². The van der Waals surface area contributed by atoms with E-state index in [1.165, 1.54) is 134 Å². The zero-order valence-electron chi connectivity index (χ0n) is 38.7. The number of hydrogen-bond donors (Lipinski definition) is 0. The van der Waals surface area contributed by atoms with Crippen LogP contribution in [0.15, 0.2) is 78.9 Å². The molecule has 0 aromatic heterocycles. The monoisotopic (exact) mass is 779 g/mol. The minimum absolute atomic E-state index is 0.0129. The fraction of sp³-hybridized carbons (Fsp3) is 0.464. The van der Waals surface area contributed by atoms with E-state index in [1.54, 1.807) is 0 Å². The van der Waals surface area contributed by atoms with Gasteiger partial charge in [-0.2, -0.15) is 0 Å². The standard InChI is InChI=1S/C56H67BN2/c1-34-26-38-37-29-40-43(55(11,12)24-21-52(40,5)6)32-47(37)59(36-18-16-15-17-19-36)57-45-30-41-44(56(13,14)25-22-53(41,7)8)33-48(45)58(49(27-34)50(38)57)46-31-42-39(28-35(46)2)51(3,4)20-23-54(42,9)10/h15-19,26-33H,20-25H2,1-14H3. The summed E-state index contributed by atoms with van der Waals surface area (Å²) in [5.41, 5.74) is 24.7. The van der Waals surface area contributed by atoms with Crippen LogP contribution in [0.2, 0.25) is 0 Å². The van der Waals surface area contributed by atoms with Gasteiger partial charge in [-0.05, 0) is 188 Å². The highest BCUT2D eigenvalue weighted by atomic mass is 15.2. The molecular weight excluding hydrogens is 711 g/mol. The summed E-state index contributed by atoms with van der Waals surface area (Å²) in [5.74, 6) is 0. The lowest BCUT2D eigenvalue weighted by Gasteiger charge is -2.50. The molecule has 0 saturated carbocycles. The van der Waals surface area contributed by atoms with Crippen LogP contribution in [-0.4, -0.2) is 6.85 Å². The summed E-state index contributed by atoms with van der Waals surface area (Å²) in [7, 11) is 0. The number of fused-ring (bicyclic) bond motifs is 7. The average molecular weight is 779 g/mol. The van der Waals surface area contributed by atoms with Gasteiger partial charge in [0.05, 0.1) is 0 Å². The summed E-state index contributed by atoms with van der Waals surface area (Å²) in [6.07, 6.45) is 7.20. The second kappa shape index (κ2) is 12.2. The summed E-state index contributed by atoms with van der Waals surface area (Å²) in [5, 5.41) is 0. The van der Waals surface area contributed by atoms with Crippen molar-refractivity contribution in [3.05, 3.63) is 123 Å². The van der Waals surface area contributed by atoms with E-state index in [1.807, 2.05) is 0 Å². The number of nitrogens with zero attached hydrogens (tertiary/aromatic N) is 2. The van der Waals surface area contributed by atoms with E-state index in [-0.39, 0.29) is 39.3 Å². The van der Waals surface area contributed by atoms with E-state index < -0.39 is 0 Å². The lowest BCUT2D eigenvalue weighted by molar-refractivity contribution is 0.331. The van der Waals surface area contributed by atoms with Crippen LogP contribution in [0.5, 0.6) is 0 Å². The van der Waals surface area contributed by atoms with Gasteiger partial charge in [0.2, 0.25) is 0 Å². The quantitative estimate of drug-likeness (QED) is 0.165. The molecule has 0 amide bonds. The van der Waals surface area contributed by atoms with Gasteiger partial charge in [0.1, 0.15) is 0 Å². The van der Waals surface area contributed by atoms with Gasteiger partial charge in [-0.15, -0.1) is 0 Å². The first kappa shape index (κ1) is 38.9. The fourth-order valence-electron chi connectivity index (χ4n) is 12.3. The number of hydrogen-bond acceptors (Lipinski definition) is 2. The largest absolute Gasteiger partial charge is 0.376 e. The number of aryl methyl sites for hydroxylation is 2. The van der Waals surface area contributed by atoms with Gasteiger partial charge in [-0.25, -0.2) is 0 Å². The maximum absolute atomic E-state index is 2.75. The molecule has 3 aliphatic carbocycles. The van der Waals surface area contributed by atoms with Crippen molar-refractivity contribution in [1.29, 1.82) is 0 Å². The molecule has 5 aliphatic rings. The molecule has 304 valence electrons. The molecule has 0 fully saturated rings. The predicted molar refractivity (Wildman–Crippen MR) is 255 cm³/mol. The Bertz CT molecular complexity index is 2600. The van der Waals surface area contributed by atoms with Crippen molar-refractivity contribution >= 4 is 46.2 Å². The third-order valence-corrected chi connectivity index (χ3v) is 16.6. The number of rotatable bonds is 2. The van der Waals surface area contributed by atoms with Gasteiger partial charge in [0.25, 0.3) is 0 Å². The summed E-state index contributed by atoms with van der Waals surface area (Å²) >= 11 is 0. The van der Waals surface area contributed by atoms with Crippen LogP contribution in [0.1, 0.15) is 166 Å². The highest BCUT2D eigenvalue weighted by Crippen LogP contribution is 2.56. The first-order chi connectivity index (χ1) is 27.5. The van der Waals surface area contributed by atoms with Gasteiger partial charge in [0.15, 0.2) is 0 Å². The fourth-order valence-corrected chi connectivity index (χ4v) is 12.3. The Labute approximate surface area is 356 Å². The van der Waals surface area contributed by atoms with Crippen LogP contribution in [0.3, 0.4) is 0 Å². The number of benzene rings is 5. The SMILES string of the molecule is Cc1cc2c3c(c1)N(c1cc4c(cc1C)C(C)(C)CCC4(C)C)c1cc4c(cc1B3N(c1ccccc1)c1cc3c(cc1-2)C(C)(C)CCC3(C)C)C(C)(C)CCC4(C)C. The van der Waals surface area contributed by atoms with Gasteiger partial charge >= 0.3 is 6.85 Å². The first-order valence-electron chi connectivity index (χ1n) is 22.9. The summed E-state index contributed by atoms with van der Waals surface area (Å²) in [6, 6.07) is 32.3. The molecule has 3 heteroatoms. The predicted octanol–water partition coefficient (Wildman–Crippen LogP) is 14.1. The zero-order valence-corrected chi connectivity index (χ0v) is 38.7. The smallest absolute Gasteiger partial charge is 0.333 e.